The number of rotatable bonds is 6. The Bertz CT molecular complexity index is 797. The van der Waals surface area contributed by atoms with Crippen LogP contribution in [0.25, 0.3) is 0 Å². The molecule has 31 heavy (non-hydrogen) atoms. The molecule has 0 saturated carbocycles. The van der Waals surface area contributed by atoms with Crippen LogP contribution in [0, 0.1) is 5.92 Å². The monoisotopic (exact) mass is 439 g/mol. The molecule has 2 amide bonds. The summed E-state index contributed by atoms with van der Waals surface area (Å²) in [6.45, 7) is 8.98. The van der Waals surface area contributed by atoms with E-state index < -0.39 is 23.7 Å². The molecule has 1 aromatic rings. The second-order valence-corrected chi connectivity index (χ2v) is 8.92. The summed E-state index contributed by atoms with van der Waals surface area (Å²) in [4.78, 5) is 30.0. The lowest BCUT2D eigenvalue weighted by Gasteiger charge is -2.44. The summed E-state index contributed by atoms with van der Waals surface area (Å²) in [6, 6.07) is 4.22. The number of hydrogen-bond acceptors (Lipinski definition) is 3. The number of benzene rings is 1. The lowest BCUT2D eigenvalue weighted by atomic mass is 9.86. The van der Waals surface area contributed by atoms with Crippen molar-refractivity contribution in [2.45, 2.75) is 70.8 Å². The van der Waals surface area contributed by atoms with Gasteiger partial charge in [0.15, 0.2) is 0 Å². The van der Waals surface area contributed by atoms with Gasteiger partial charge in [-0.15, -0.1) is 0 Å². The van der Waals surface area contributed by atoms with Crippen LogP contribution < -0.4 is 5.32 Å². The number of nitrogens with one attached hydrogen (secondary N) is 1. The van der Waals surface area contributed by atoms with Crippen molar-refractivity contribution in [3.05, 3.63) is 35.4 Å². The topological polar surface area (TPSA) is 52.6 Å². The van der Waals surface area contributed by atoms with E-state index in [4.69, 9.17) is 0 Å². The van der Waals surface area contributed by atoms with Gasteiger partial charge in [0.2, 0.25) is 5.91 Å². The van der Waals surface area contributed by atoms with Crippen molar-refractivity contribution in [1.82, 2.24) is 15.1 Å². The van der Waals surface area contributed by atoms with Gasteiger partial charge in [-0.2, -0.15) is 13.2 Å². The Balaban J connectivity index is 1.66. The molecule has 2 saturated heterocycles. The summed E-state index contributed by atoms with van der Waals surface area (Å²) in [6.07, 6.45) is -1.05. The maximum Gasteiger partial charge on any atom is 0.416 e. The minimum atomic E-state index is -4.52. The zero-order valence-electron chi connectivity index (χ0n) is 18.4. The summed E-state index contributed by atoms with van der Waals surface area (Å²) in [5.41, 5.74) is -0.964. The van der Waals surface area contributed by atoms with E-state index in [9.17, 15) is 22.8 Å². The fourth-order valence-electron chi connectivity index (χ4n) is 4.83. The van der Waals surface area contributed by atoms with Gasteiger partial charge in [-0.3, -0.25) is 9.59 Å². The highest BCUT2D eigenvalue weighted by Gasteiger charge is 2.42. The van der Waals surface area contributed by atoms with Crippen LogP contribution in [0.2, 0.25) is 0 Å². The van der Waals surface area contributed by atoms with Gasteiger partial charge in [-0.05, 0) is 57.2 Å². The predicted molar refractivity (Wildman–Crippen MR) is 113 cm³/mol. The normalized spacial score (nSPS) is 25.3. The highest BCUT2D eigenvalue weighted by Crippen LogP contribution is 2.31. The van der Waals surface area contributed by atoms with E-state index >= 15 is 0 Å². The number of carbonyl (C=O) groups is 2. The van der Waals surface area contributed by atoms with Crippen LogP contribution >= 0.6 is 0 Å². The second kappa shape index (κ2) is 9.59. The lowest BCUT2D eigenvalue weighted by Crippen LogP contribution is -2.54. The van der Waals surface area contributed by atoms with Gasteiger partial charge in [0.25, 0.3) is 5.91 Å². The van der Waals surface area contributed by atoms with Crippen LogP contribution in [-0.2, 0) is 11.0 Å². The molecule has 0 aliphatic carbocycles. The van der Waals surface area contributed by atoms with Crippen LogP contribution in [0.4, 0.5) is 13.2 Å². The van der Waals surface area contributed by atoms with Gasteiger partial charge < -0.3 is 15.1 Å². The van der Waals surface area contributed by atoms with Gasteiger partial charge in [0, 0.05) is 37.3 Å². The van der Waals surface area contributed by atoms with E-state index in [0.717, 1.165) is 44.5 Å². The van der Waals surface area contributed by atoms with Crippen molar-refractivity contribution in [3.63, 3.8) is 0 Å². The number of carbonyl (C=O) groups excluding carboxylic acids is 2. The van der Waals surface area contributed by atoms with E-state index in [2.05, 4.69) is 31.0 Å². The Morgan fingerprint density at radius 2 is 1.97 bits per heavy atom. The Morgan fingerprint density at radius 1 is 1.23 bits per heavy atom. The van der Waals surface area contributed by atoms with Gasteiger partial charge in [0.1, 0.15) is 6.04 Å². The van der Waals surface area contributed by atoms with Crippen LogP contribution in [0.3, 0.4) is 0 Å². The van der Waals surface area contributed by atoms with E-state index in [1.807, 2.05) is 4.90 Å². The van der Waals surface area contributed by atoms with Crippen LogP contribution in [0.15, 0.2) is 24.3 Å². The van der Waals surface area contributed by atoms with Crippen molar-refractivity contribution in [2.24, 2.45) is 5.92 Å². The smallest absolute Gasteiger partial charge is 0.340 e. The Labute approximate surface area is 182 Å². The molecule has 3 atom stereocenters. The number of likely N-dealkylation sites (tertiary alicyclic amines) is 2. The van der Waals surface area contributed by atoms with Gasteiger partial charge in [-0.25, -0.2) is 0 Å². The average Bonchev–Trinajstić information content (AvgIpc) is 3.07. The fraction of sp³-hybridized carbons (Fsp3) is 0.652. The van der Waals surface area contributed by atoms with Crippen LogP contribution in [0.5, 0.6) is 0 Å². The Hall–Kier alpha value is -2.09. The average molecular weight is 440 g/mol. The molecule has 0 bridgehead atoms. The molecule has 8 heteroatoms. The highest BCUT2D eigenvalue weighted by atomic mass is 19.4. The van der Waals surface area contributed by atoms with E-state index in [-0.39, 0.29) is 17.5 Å². The molecule has 5 nitrogen and oxygen atoms in total. The summed E-state index contributed by atoms with van der Waals surface area (Å²) in [5, 5.41) is 2.66. The SMILES string of the molecule is CCC[C@H]1CN(C(C)C)CC[C@@H]1N1CCC(NC(=O)c2cccc(C(F)(F)F)c2)C1=O. The first-order valence-corrected chi connectivity index (χ1v) is 11.1. The number of hydrogen-bond donors (Lipinski definition) is 1. The molecular weight excluding hydrogens is 407 g/mol. The second-order valence-electron chi connectivity index (χ2n) is 8.92. The molecular formula is C23H32F3N3O2. The number of alkyl halides is 3. The zero-order valence-corrected chi connectivity index (χ0v) is 18.4. The summed E-state index contributed by atoms with van der Waals surface area (Å²) >= 11 is 0. The molecule has 0 aromatic heterocycles. The first-order valence-electron chi connectivity index (χ1n) is 11.1. The van der Waals surface area contributed by atoms with Crippen molar-refractivity contribution in [3.8, 4) is 0 Å². The molecule has 2 aliphatic rings. The molecule has 2 heterocycles. The summed E-state index contributed by atoms with van der Waals surface area (Å²) in [7, 11) is 0. The molecule has 2 aliphatic heterocycles. The third-order valence-corrected chi connectivity index (χ3v) is 6.51. The number of piperidine rings is 1. The largest absolute Gasteiger partial charge is 0.416 e. The fourth-order valence-corrected chi connectivity index (χ4v) is 4.83. The molecule has 2 fully saturated rings. The summed E-state index contributed by atoms with van der Waals surface area (Å²) < 4.78 is 38.8. The lowest BCUT2D eigenvalue weighted by molar-refractivity contribution is -0.137. The van der Waals surface area contributed by atoms with Crippen molar-refractivity contribution < 1.29 is 22.8 Å². The molecule has 172 valence electrons. The Morgan fingerprint density at radius 3 is 2.61 bits per heavy atom. The minimum absolute atomic E-state index is 0.0878. The number of nitrogens with zero attached hydrogens (tertiary/aromatic N) is 2. The molecule has 1 unspecified atom stereocenters. The molecule has 3 rings (SSSR count). The van der Waals surface area contributed by atoms with Crippen molar-refractivity contribution in [2.75, 3.05) is 19.6 Å². The van der Waals surface area contributed by atoms with Gasteiger partial charge in [0.05, 0.1) is 5.56 Å². The number of amides is 2. The third kappa shape index (κ3) is 5.40. The minimum Gasteiger partial charge on any atom is -0.340 e. The Kier molecular flexibility index (Phi) is 7.29. The van der Waals surface area contributed by atoms with Crippen molar-refractivity contribution in [1.29, 1.82) is 0 Å². The quantitative estimate of drug-likeness (QED) is 0.731. The van der Waals surface area contributed by atoms with Crippen LogP contribution in [0.1, 0.15) is 62.4 Å². The first kappa shape index (κ1) is 23.6. The molecule has 0 radical (unpaired) electrons. The van der Waals surface area contributed by atoms with E-state index in [1.54, 1.807) is 0 Å². The molecule has 1 aromatic carbocycles. The number of halogens is 3. The molecule has 1 N–H and O–H groups in total. The maximum atomic E-state index is 13.1. The van der Waals surface area contributed by atoms with Gasteiger partial charge >= 0.3 is 6.18 Å². The predicted octanol–water partition coefficient (Wildman–Crippen LogP) is 3.94. The third-order valence-electron chi connectivity index (χ3n) is 6.51. The molecule has 0 spiro atoms. The first-order chi connectivity index (χ1) is 14.6. The summed E-state index contributed by atoms with van der Waals surface area (Å²) in [5.74, 6) is -0.376. The maximum absolute atomic E-state index is 13.1. The standard InChI is InChI=1S/C23H32F3N3O2/c1-4-6-17-14-28(15(2)3)11-10-20(17)29-12-9-19(22(29)31)27-21(30)16-7-5-8-18(13-16)23(24,25)26/h5,7-8,13,15,17,19-20H,4,6,9-12,14H2,1-3H3,(H,27,30)/t17-,19?,20-/m0/s1. The van der Waals surface area contributed by atoms with Crippen LogP contribution in [-0.4, -0.2) is 59.4 Å². The van der Waals surface area contributed by atoms with E-state index in [1.165, 1.54) is 12.1 Å². The van der Waals surface area contributed by atoms with Crippen molar-refractivity contribution >= 4 is 11.8 Å². The van der Waals surface area contributed by atoms with E-state index in [0.29, 0.717) is 24.9 Å². The highest BCUT2D eigenvalue weighted by molar-refractivity contribution is 5.98. The van der Waals surface area contributed by atoms with Gasteiger partial charge in [-0.1, -0.05) is 19.4 Å². The zero-order chi connectivity index (χ0) is 22.8.